The quantitative estimate of drug-likeness (QED) is 0.771. The summed E-state index contributed by atoms with van der Waals surface area (Å²) in [4.78, 5) is 4.60. The molecule has 19 heavy (non-hydrogen) atoms. The monoisotopic (exact) mass is 259 g/mol. The summed E-state index contributed by atoms with van der Waals surface area (Å²) in [6, 6.07) is 6.75. The summed E-state index contributed by atoms with van der Waals surface area (Å²) in [6.45, 7) is 9.49. The number of nitrogens with zero attached hydrogens (tertiary/aromatic N) is 1. The van der Waals surface area contributed by atoms with Gasteiger partial charge < -0.3 is 10.6 Å². The van der Waals surface area contributed by atoms with Crippen molar-refractivity contribution in [2.24, 2.45) is 4.99 Å². The molecule has 0 saturated heterocycles. The molecule has 104 valence electrons. The van der Waals surface area contributed by atoms with Crippen LogP contribution in [-0.2, 0) is 0 Å². The van der Waals surface area contributed by atoms with Crippen LogP contribution in [0.4, 0.5) is 0 Å². The SMILES string of the molecule is CCCCNC(C1=NCCN1)c1cccc(C)c1C. The predicted octanol–water partition coefficient (Wildman–Crippen LogP) is 2.74. The van der Waals surface area contributed by atoms with Crippen molar-refractivity contribution in [2.75, 3.05) is 19.6 Å². The van der Waals surface area contributed by atoms with E-state index in [1.165, 1.54) is 29.5 Å². The number of rotatable bonds is 6. The summed E-state index contributed by atoms with van der Waals surface area (Å²) < 4.78 is 0. The molecule has 1 atom stereocenters. The molecule has 0 radical (unpaired) electrons. The molecule has 3 nitrogen and oxygen atoms in total. The minimum atomic E-state index is 0.217. The van der Waals surface area contributed by atoms with Gasteiger partial charge in [-0.1, -0.05) is 31.5 Å². The molecule has 3 heteroatoms. The Morgan fingerprint density at radius 3 is 2.89 bits per heavy atom. The normalized spacial score (nSPS) is 16.1. The van der Waals surface area contributed by atoms with Crippen molar-refractivity contribution in [2.45, 2.75) is 39.7 Å². The topological polar surface area (TPSA) is 36.4 Å². The van der Waals surface area contributed by atoms with Crippen LogP contribution in [-0.4, -0.2) is 25.5 Å². The molecule has 0 aromatic heterocycles. The molecule has 0 spiro atoms. The van der Waals surface area contributed by atoms with Gasteiger partial charge in [-0.15, -0.1) is 0 Å². The number of hydrogen-bond donors (Lipinski definition) is 2. The molecule has 0 fully saturated rings. The summed E-state index contributed by atoms with van der Waals surface area (Å²) in [5.74, 6) is 1.10. The number of hydrogen-bond acceptors (Lipinski definition) is 3. The Morgan fingerprint density at radius 2 is 2.21 bits per heavy atom. The maximum atomic E-state index is 4.60. The highest BCUT2D eigenvalue weighted by Crippen LogP contribution is 2.22. The minimum absolute atomic E-state index is 0.217. The van der Waals surface area contributed by atoms with Gasteiger partial charge >= 0.3 is 0 Å². The van der Waals surface area contributed by atoms with Crippen LogP contribution in [0.25, 0.3) is 0 Å². The lowest BCUT2D eigenvalue weighted by Crippen LogP contribution is -2.36. The van der Waals surface area contributed by atoms with Crippen LogP contribution >= 0.6 is 0 Å². The number of amidine groups is 1. The molecule has 1 aliphatic heterocycles. The molecule has 1 heterocycles. The van der Waals surface area contributed by atoms with E-state index in [0.29, 0.717) is 0 Å². The Labute approximate surface area is 116 Å². The molecule has 0 bridgehead atoms. The zero-order valence-electron chi connectivity index (χ0n) is 12.3. The van der Waals surface area contributed by atoms with Gasteiger partial charge in [0.15, 0.2) is 0 Å². The Bertz CT molecular complexity index is 451. The molecule has 1 unspecified atom stereocenters. The van der Waals surface area contributed by atoms with Crippen molar-refractivity contribution in [3.63, 3.8) is 0 Å². The molecule has 0 aliphatic carbocycles. The summed E-state index contributed by atoms with van der Waals surface area (Å²) in [7, 11) is 0. The van der Waals surface area contributed by atoms with Gasteiger partial charge in [0.25, 0.3) is 0 Å². The second kappa shape index (κ2) is 6.71. The lowest BCUT2D eigenvalue weighted by molar-refractivity contribution is 0.601. The first-order valence-corrected chi connectivity index (χ1v) is 7.31. The Hall–Kier alpha value is -1.35. The van der Waals surface area contributed by atoms with E-state index in [2.05, 4.69) is 54.6 Å². The van der Waals surface area contributed by atoms with Crippen LogP contribution in [0.15, 0.2) is 23.2 Å². The highest BCUT2D eigenvalue weighted by atomic mass is 15.1. The van der Waals surface area contributed by atoms with Crippen LogP contribution in [0.5, 0.6) is 0 Å². The highest BCUT2D eigenvalue weighted by molar-refractivity contribution is 5.90. The van der Waals surface area contributed by atoms with Gasteiger partial charge in [-0.05, 0) is 43.5 Å². The number of nitrogens with one attached hydrogen (secondary N) is 2. The van der Waals surface area contributed by atoms with Gasteiger partial charge in [-0.2, -0.15) is 0 Å². The zero-order valence-corrected chi connectivity index (χ0v) is 12.3. The van der Waals surface area contributed by atoms with Crippen LogP contribution in [0, 0.1) is 13.8 Å². The first-order valence-electron chi connectivity index (χ1n) is 7.31. The van der Waals surface area contributed by atoms with E-state index in [-0.39, 0.29) is 6.04 Å². The lowest BCUT2D eigenvalue weighted by atomic mass is 9.96. The maximum absolute atomic E-state index is 4.60. The first kappa shape index (κ1) is 14.1. The number of aryl methyl sites for hydroxylation is 1. The van der Waals surface area contributed by atoms with E-state index in [4.69, 9.17) is 0 Å². The molecule has 0 amide bonds. The third-order valence-corrected chi connectivity index (χ3v) is 3.81. The molecule has 1 aromatic rings. The molecule has 0 saturated carbocycles. The van der Waals surface area contributed by atoms with Gasteiger partial charge in [-0.25, -0.2) is 0 Å². The molecule has 2 rings (SSSR count). The van der Waals surface area contributed by atoms with Crippen molar-refractivity contribution in [3.05, 3.63) is 34.9 Å². The minimum Gasteiger partial charge on any atom is -0.370 e. The van der Waals surface area contributed by atoms with E-state index in [0.717, 1.165) is 25.5 Å². The number of aliphatic imine (C=N–C) groups is 1. The van der Waals surface area contributed by atoms with Crippen molar-refractivity contribution in [3.8, 4) is 0 Å². The average Bonchev–Trinajstić information content (AvgIpc) is 2.92. The largest absolute Gasteiger partial charge is 0.370 e. The van der Waals surface area contributed by atoms with Gasteiger partial charge in [-0.3, -0.25) is 4.99 Å². The van der Waals surface area contributed by atoms with E-state index in [1.807, 2.05) is 0 Å². The van der Waals surface area contributed by atoms with Crippen LogP contribution in [0.1, 0.15) is 42.5 Å². The van der Waals surface area contributed by atoms with Crippen LogP contribution in [0.3, 0.4) is 0 Å². The maximum Gasteiger partial charge on any atom is 0.118 e. The lowest BCUT2D eigenvalue weighted by Gasteiger charge is -2.22. The molecular formula is C16H25N3. The third kappa shape index (κ3) is 3.35. The van der Waals surface area contributed by atoms with Gasteiger partial charge in [0.05, 0.1) is 12.6 Å². The summed E-state index contributed by atoms with van der Waals surface area (Å²) in [6.07, 6.45) is 2.42. The van der Waals surface area contributed by atoms with Crippen molar-refractivity contribution in [1.82, 2.24) is 10.6 Å². The Morgan fingerprint density at radius 1 is 1.37 bits per heavy atom. The van der Waals surface area contributed by atoms with Crippen molar-refractivity contribution >= 4 is 5.84 Å². The second-order valence-corrected chi connectivity index (χ2v) is 5.22. The van der Waals surface area contributed by atoms with E-state index >= 15 is 0 Å². The summed E-state index contributed by atoms with van der Waals surface area (Å²) in [5.41, 5.74) is 4.07. The molecule has 2 N–H and O–H groups in total. The third-order valence-electron chi connectivity index (χ3n) is 3.81. The first-order chi connectivity index (χ1) is 9.24. The van der Waals surface area contributed by atoms with E-state index in [1.54, 1.807) is 0 Å². The molecule has 1 aromatic carbocycles. The standard InChI is InChI=1S/C16H25N3/c1-4-5-9-17-15(16-18-10-11-19-16)14-8-6-7-12(2)13(14)3/h6-8,15,17H,4-5,9-11H2,1-3H3,(H,18,19). The second-order valence-electron chi connectivity index (χ2n) is 5.22. The fourth-order valence-corrected chi connectivity index (χ4v) is 2.47. The molecular weight excluding hydrogens is 234 g/mol. The fourth-order valence-electron chi connectivity index (χ4n) is 2.47. The Balaban J connectivity index is 2.23. The van der Waals surface area contributed by atoms with E-state index in [9.17, 15) is 0 Å². The van der Waals surface area contributed by atoms with Crippen molar-refractivity contribution in [1.29, 1.82) is 0 Å². The molecule has 1 aliphatic rings. The number of benzene rings is 1. The van der Waals surface area contributed by atoms with E-state index < -0.39 is 0 Å². The summed E-state index contributed by atoms with van der Waals surface area (Å²) in [5, 5.41) is 7.07. The van der Waals surface area contributed by atoms with Gasteiger partial charge in [0, 0.05) is 6.54 Å². The van der Waals surface area contributed by atoms with Crippen LogP contribution in [0.2, 0.25) is 0 Å². The number of unbranched alkanes of at least 4 members (excludes halogenated alkanes) is 1. The Kier molecular flexibility index (Phi) is 4.97. The van der Waals surface area contributed by atoms with Gasteiger partial charge in [0.2, 0.25) is 0 Å². The zero-order chi connectivity index (χ0) is 13.7. The van der Waals surface area contributed by atoms with Crippen LogP contribution < -0.4 is 10.6 Å². The van der Waals surface area contributed by atoms with Crippen molar-refractivity contribution < 1.29 is 0 Å². The summed E-state index contributed by atoms with van der Waals surface area (Å²) >= 11 is 0. The fraction of sp³-hybridized carbons (Fsp3) is 0.562. The van der Waals surface area contributed by atoms with Gasteiger partial charge in [0.1, 0.15) is 5.84 Å². The predicted molar refractivity (Wildman–Crippen MR) is 81.9 cm³/mol. The average molecular weight is 259 g/mol. The highest BCUT2D eigenvalue weighted by Gasteiger charge is 2.21. The smallest absolute Gasteiger partial charge is 0.118 e.